The fraction of sp³-hybridized carbons (Fsp3) is 0.533. The van der Waals surface area contributed by atoms with Gasteiger partial charge in [0.25, 0.3) is 0 Å². The molecule has 1 aromatic carbocycles. The predicted molar refractivity (Wildman–Crippen MR) is 71.9 cm³/mol. The zero-order chi connectivity index (χ0) is 13.5. The van der Waals surface area contributed by atoms with Crippen molar-refractivity contribution in [3.05, 3.63) is 34.9 Å². The molecule has 0 amide bonds. The summed E-state index contributed by atoms with van der Waals surface area (Å²) < 4.78 is 5.43. The Balaban J connectivity index is 2.67. The number of unbranched alkanes of at least 4 members (excludes halogenated alkanes) is 1. The minimum absolute atomic E-state index is 0.432. The maximum absolute atomic E-state index is 11.1. The van der Waals surface area contributed by atoms with Crippen molar-refractivity contribution >= 4 is 5.97 Å². The number of benzene rings is 1. The molecule has 1 aromatic rings. The van der Waals surface area contributed by atoms with Crippen LogP contribution in [0.2, 0.25) is 0 Å². The number of hydrogen-bond acceptors (Lipinski definition) is 2. The lowest BCUT2D eigenvalue weighted by molar-refractivity contribution is -0.150. The van der Waals surface area contributed by atoms with Crippen LogP contribution in [0.3, 0.4) is 0 Å². The maximum atomic E-state index is 11.1. The second-order valence-electron chi connectivity index (χ2n) is 4.75. The van der Waals surface area contributed by atoms with Gasteiger partial charge >= 0.3 is 5.97 Å². The Morgan fingerprint density at radius 1 is 1.28 bits per heavy atom. The molecule has 0 aliphatic carbocycles. The van der Waals surface area contributed by atoms with Gasteiger partial charge in [0, 0.05) is 13.0 Å². The average Bonchev–Trinajstić information content (AvgIpc) is 2.26. The summed E-state index contributed by atoms with van der Waals surface area (Å²) >= 11 is 0. The summed E-state index contributed by atoms with van der Waals surface area (Å²) in [6, 6.07) is 6.12. The van der Waals surface area contributed by atoms with Crippen LogP contribution in [0.5, 0.6) is 0 Å². The highest BCUT2D eigenvalue weighted by Crippen LogP contribution is 2.13. The fourth-order valence-electron chi connectivity index (χ4n) is 1.99. The van der Waals surface area contributed by atoms with Crippen molar-refractivity contribution in [3.63, 3.8) is 0 Å². The van der Waals surface area contributed by atoms with E-state index in [0.29, 0.717) is 13.0 Å². The minimum Gasteiger partial charge on any atom is -0.479 e. The summed E-state index contributed by atoms with van der Waals surface area (Å²) in [5, 5.41) is 9.15. The lowest BCUT2D eigenvalue weighted by Gasteiger charge is -2.14. The molecule has 0 aliphatic heterocycles. The Bertz CT molecular complexity index is 378. The first-order chi connectivity index (χ1) is 8.52. The molecule has 0 bridgehead atoms. The van der Waals surface area contributed by atoms with Gasteiger partial charge in [-0.05, 0) is 25.8 Å². The molecular formula is C15H22O3. The molecule has 3 nitrogen and oxygen atoms in total. The van der Waals surface area contributed by atoms with Crippen molar-refractivity contribution < 1.29 is 14.6 Å². The van der Waals surface area contributed by atoms with E-state index >= 15 is 0 Å². The van der Waals surface area contributed by atoms with E-state index in [1.165, 1.54) is 0 Å². The van der Waals surface area contributed by atoms with Gasteiger partial charge in [0.05, 0.1) is 0 Å². The van der Waals surface area contributed by atoms with Gasteiger partial charge in [0.2, 0.25) is 0 Å². The van der Waals surface area contributed by atoms with E-state index in [-0.39, 0.29) is 0 Å². The highest BCUT2D eigenvalue weighted by atomic mass is 16.5. The van der Waals surface area contributed by atoms with Crippen LogP contribution in [-0.4, -0.2) is 23.8 Å². The second kappa shape index (κ2) is 7.17. The van der Waals surface area contributed by atoms with Crippen molar-refractivity contribution in [2.24, 2.45) is 0 Å². The van der Waals surface area contributed by atoms with Crippen LogP contribution in [0.25, 0.3) is 0 Å². The van der Waals surface area contributed by atoms with Crippen LogP contribution >= 0.6 is 0 Å². The molecular weight excluding hydrogens is 228 g/mol. The fourth-order valence-corrected chi connectivity index (χ4v) is 1.99. The quantitative estimate of drug-likeness (QED) is 0.756. The van der Waals surface area contributed by atoms with Gasteiger partial charge in [-0.25, -0.2) is 4.79 Å². The second-order valence-corrected chi connectivity index (χ2v) is 4.75. The molecule has 0 spiro atoms. The van der Waals surface area contributed by atoms with Gasteiger partial charge in [-0.2, -0.15) is 0 Å². The van der Waals surface area contributed by atoms with Crippen molar-refractivity contribution in [2.45, 2.75) is 46.1 Å². The molecule has 0 saturated carbocycles. The molecule has 1 atom stereocenters. The SMILES string of the molecule is CCCCOC(Cc1cc(C)cc(C)c1)C(=O)O. The van der Waals surface area contributed by atoms with Crippen molar-refractivity contribution in [1.29, 1.82) is 0 Å². The third kappa shape index (κ3) is 4.88. The predicted octanol–water partition coefficient (Wildman–Crippen LogP) is 3.12. The summed E-state index contributed by atoms with van der Waals surface area (Å²) in [5.74, 6) is -0.884. The standard InChI is InChI=1S/C15H22O3/c1-4-5-6-18-14(15(16)17)10-13-8-11(2)7-12(3)9-13/h7-9,14H,4-6,10H2,1-3H3,(H,16,17). The van der Waals surface area contributed by atoms with E-state index in [0.717, 1.165) is 29.5 Å². The number of carbonyl (C=O) groups is 1. The van der Waals surface area contributed by atoms with Crippen LogP contribution < -0.4 is 0 Å². The van der Waals surface area contributed by atoms with E-state index in [2.05, 4.69) is 13.0 Å². The van der Waals surface area contributed by atoms with Gasteiger partial charge in [-0.1, -0.05) is 42.7 Å². The Morgan fingerprint density at radius 2 is 1.89 bits per heavy atom. The smallest absolute Gasteiger partial charge is 0.333 e. The molecule has 1 unspecified atom stereocenters. The van der Waals surface area contributed by atoms with Crippen LogP contribution in [-0.2, 0) is 16.0 Å². The third-order valence-corrected chi connectivity index (χ3v) is 2.79. The Hall–Kier alpha value is -1.35. The molecule has 0 fully saturated rings. The molecule has 100 valence electrons. The summed E-state index contributed by atoms with van der Waals surface area (Å²) in [6.45, 7) is 6.61. The molecule has 0 saturated heterocycles. The topological polar surface area (TPSA) is 46.5 Å². The van der Waals surface area contributed by atoms with Crippen molar-refractivity contribution in [3.8, 4) is 0 Å². The molecule has 3 heteroatoms. The molecule has 18 heavy (non-hydrogen) atoms. The number of aryl methyl sites for hydroxylation is 2. The van der Waals surface area contributed by atoms with Gasteiger partial charge < -0.3 is 9.84 Å². The van der Waals surface area contributed by atoms with E-state index in [1.54, 1.807) is 0 Å². The monoisotopic (exact) mass is 250 g/mol. The van der Waals surface area contributed by atoms with Gasteiger partial charge in [-0.3, -0.25) is 0 Å². The average molecular weight is 250 g/mol. The first-order valence-electron chi connectivity index (χ1n) is 6.44. The van der Waals surface area contributed by atoms with Crippen molar-refractivity contribution in [1.82, 2.24) is 0 Å². The number of hydrogen-bond donors (Lipinski definition) is 1. The van der Waals surface area contributed by atoms with Crippen LogP contribution in [0, 0.1) is 13.8 Å². The van der Waals surface area contributed by atoms with Crippen LogP contribution in [0.15, 0.2) is 18.2 Å². The number of ether oxygens (including phenoxy) is 1. The zero-order valence-corrected chi connectivity index (χ0v) is 11.4. The van der Waals surface area contributed by atoms with Gasteiger partial charge in [-0.15, -0.1) is 0 Å². The minimum atomic E-state index is -0.884. The molecule has 1 N–H and O–H groups in total. The van der Waals surface area contributed by atoms with Crippen LogP contribution in [0.1, 0.15) is 36.5 Å². The molecule has 0 radical (unpaired) electrons. The Kier molecular flexibility index (Phi) is 5.86. The Labute approximate surface area is 109 Å². The number of rotatable bonds is 7. The van der Waals surface area contributed by atoms with E-state index in [9.17, 15) is 4.79 Å². The van der Waals surface area contributed by atoms with Crippen molar-refractivity contribution in [2.75, 3.05) is 6.61 Å². The first-order valence-corrected chi connectivity index (χ1v) is 6.44. The van der Waals surface area contributed by atoms with E-state index < -0.39 is 12.1 Å². The number of aliphatic carboxylic acids is 1. The van der Waals surface area contributed by atoms with Gasteiger partial charge in [0.15, 0.2) is 6.10 Å². The summed E-state index contributed by atoms with van der Waals surface area (Å²) in [5.41, 5.74) is 3.33. The summed E-state index contributed by atoms with van der Waals surface area (Å²) in [7, 11) is 0. The largest absolute Gasteiger partial charge is 0.479 e. The summed E-state index contributed by atoms with van der Waals surface area (Å²) in [6.07, 6.45) is 1.60. The normalized spacial score (nSPS) is 12.4. The van der Waals surface area contributed by atoms with E-state index in [1.807, 2.05) is 26.0 Å². The van der Waals surface area contributed by atoms with Crippen LogP contribution in [0.4, 0.5) is 0 Å². The van der Waals surface area contributed by atoms with E-state index in [4.69, 9.17) is 9.84 Å². The van der Waals surface area contributed by atoms with Gasteiger partial charge in [0.1, 0.15) is 0 Å². The zero-order valence-electron chi connectivity index (χ0n) is 11.4. The molecule has 0 heterocycles. The lowest BCUT2D eigenvalue weighted by atomic mass is 10.0. The number of carboxylic acid groups (broad SMARTS) is 1. The molecule has 0 aliphatic rings. The highest BCUT2D eigenvalue weighted by molar-refractivity contribution is 5.72. The number of carboxylic acids is 1. The molecule has 0 aromatic heterocycles. The summed E-state index contributed by atoms with van der Waals surface area (Å²) in [4.78, 5) is 11.1. The maximum Gasteiger partial charge on any atom is 0.333 e. The third-order valence-electron chi connectivity index (χ3n) is 2.79. The Morgan fingerprint density at radius 3 is 2.39 bits per heavy atom. The first kappa shape index (κ1) is 14.7. The lowest BCUT2D eigenvalue weighted by Crippen LogP contribution is -2.27. The highest BCUT2D eigenvalue weighted by Gasteiger charge is 2.18. The molecule has 1 rings (SSSR count).